The Balaban J connectivity index is 2.49. The highest BCUT2D eigenvalue weighted by molar-refractivity contribution is 5.75. The normalized spacial score (nSPS) is 12.4. The van der Waals surface area contributed by atoms with Gasteiger partial charge in [0.1, 0.15) is 0 Å². The Hall–Kier alpha value is -1.49. The fourth-order valence-electron chi connectivity index (χ4n) is 0.892. The number of nitrogens with two attached hydrogens (primary N) is 1. The number of carbonyl (C=O) groups is 1. The maximum absolute atomic E-state index is 10.5. The zero-order valence-electron chi connectivity index (χ0n) is 7.40. The first-order chi connectivity index (χ1) is 6.20. The number of carbonyl (C=O) groups excluding carboxylic acids is 1. The van der Waals surface area contributed by atoms with Gasteiger partial charge in [0.25, 0.3) is 0 Å². The van der Waals surface area contributed by atoms with Gasteiger partial charge < -0.3 is 11.1 Å². The lowest BCUT2D eigenvalue weighted by molar-refractivity contribution is -0.117. The third-order valence-electron chi connectivity index (χ3n) is 1.61. The lowest BCUT2D eigenvalue weighted by Gasteiger charge is -2.10. The number of primary amides is 1. The Morgan fingerprint density at radius 3 is 3.00 bits per heavy atom. The zero-order chi connectivity index (χ0) is 9.68. The van der Waals surface area contributed by atoms with Gasteiger partial charge in [-0.3, -0.25) is 14.8 Å². The van der Waals surface area contributed by atoms with Crippen LogP contribution in [-0.4, -0.2) is 22.4 Å². The Morgan fingerprint density at radius 1 is 1.69 bits per heavy atom. The molecule has 5 heteroatoms. The third kappa shape index (κ3) is 3.16. The molecule has 0 saturated carbocycles. The summed E-state index contributed by atoms with van der Waals surface area (Å²) in [6.45, 7) is 2.05. The minimum absolute atomic E-state index is 0.0128. The second kappa shape index (κ2) is 4.51. The molecule has 1 aromatic heterocycles. The van der Waals surface area contributed by atoms with Crippen LogP contribution in [0.2, 0.25) is 0 Å². The molecule has 0 fully saturated rings. The summed E-state index contributed by atoms with van der Waals surface area (Å²) in [6, 6.07) is -0.0128. The molecule has 1 rings (SSSR count). The molecule has 0 aromatic carbocycles. The quantitative estimate of drug-likeness (QED) is 0.661. The summed E-state index contributed by atoms with van der Waals surface area (Å²) < 4.78 is 0. The van der Waals surface area contributed by atoms with E-state index in [1.807, 2.05) is 6.92 Å². The molecule has 1 amide bonds. The van der Waals surface area contributed by atoms with E-state index in [0.717, 1.165) is 5.69 Å². The van der Waals surface area contributed by atoms with Crippen LogP contribution in [0, 0.1) is 0 Å². The topological polar surface area (TPSA) is 80.9 Å². The summed E-state index contributed by atoms with van der Waals surface area (Å²) in [5.41, 5.74) is 5.78. The highest BCUT2D eigenvalue weighted by atomic mass is 16.1. The fraction of sp³-hybridized carbons (Fsp3) is 0.375. The van der Waals surface area contributed by atoms with Crippen LogP contribution >= 0.6 is 0 Å². The molecule has 5 nitrogen and oxygen atoms in total. The molecular weight excluding hydrogens is 168 g/mol. The Kier molecular flexibility index (Phi) is 3.33. The summed E-state index contributed by atoms with van der Waals surface area (Å²) in [5.74, 6) is -0.379. The number of nitrogens with zero attached hydrogens (tertiary/aromatic N) is 2. The Labute approximate surface area is 76.4 Å². The van der Waals surface area contributed by atoms with E-state index < -0.39 is 0 Å². The molecule has 0 spiro atoms. The maximum atomic E-state index is 10.5. The van der Waals surface area contributed by atoms with E-state index in [9.17, 15) is 4.79 Å². The molecule has 0 aliphatic heterocycles. The van der Waals surface area contributed by atoms with Gasteiger partial charge in [0.2, 0.25) is 5.91 Å². The molecule has 1 aromatic rings. The molecule has 1 heterocycles. The van der Waals surface area contributed by atoms with Crippen LogP contribution in [0.5, 0.6) is 0 Å². The van der Waals surface area contributed by atoms with E-state index >= 15 is 0 Å². The van der Waals surface area contributed by atoms with Crippen LogP contribution in [0.4, 0.5) is 0 Å². The molecule has 0 radical (unpaired) electrons. The van der Waals surface area contributed by atoms with E-state index in [-0.39, 0.29) is 18.5 Å². The van der Waals surface area contributed by atoms with Gasteiger partial charge in [0.05, 0.1) is 12.2 Å². The van der Waals surface area contributed by atoms with Crippen LogP contribution in [0.25, 0.3) is 0 Å². The van der Waals surface area contributed by atoms with Crippen molar-refractivity contribution in [2.75, 3.05) is 6.54 Å². The average molecular weight is 180 g/mol. The van der Waals surface area contributed by atoms with Crippen LogP contribution < -0.4 is 11.1 Å². The number of hydrogen-bond donors (Lipinski definition) is 2. The summed E-state index contributed by atoms with van der Waals surface area (Å²) in [6.07, 6.45) is 4.86. The Morgan fingerprint density at radius 2 is 2.46 bits per heavy atom. The largest absolute Gasteiger partial charge is 0.369 e. The molecule has 0 saturated heterocycles. The van der Waals surface area contributed by atoms with Crippen molar-refractivity contribution in [1.82, 2.24) is 15.3 Å². The van der Waals surface area contributed by atoms with Gasteiger partial charge in [-0.15, -0.1) is 0 Å². The lowest BCUT2D eigenvalue weighted by Crippen LogP contribution is -2.30. The molecule has 70 valence electrons. The van der Waals surface area contributed by atoms with Gasteiger partial charge in [-0.05, 0) is 6.92 Å². The monoisotopic (exact) mass is 180 g/mol. The molecule has 0 aliphatic rings. The molecule has 0 bridgehead atoms. The molecule has 1 unspecified atom stereocenters. The van der Waals surface area contributed by atoms with Gasteiger partial charge in [-0.2, -0.15) is 0 Å². The Bertz CT molecular complexity index is 275. The third-order valence-corrected chi connectivity index (χ3v) is 1.61. The van der Waals surface area contributed by atoms with Crippen molar-refractivity contribution in [2.24, 2.45) is 5.73 Å². The van der Waals surface area contributed by atoms with Crippen molar-refractivity contribution in [3.8, 4) is 0 Å². The maximum Gasteiger partial charge on any atom is 0.231 e. The summed E-state index contributed by atoms with van der Waals surface area (Å²) in [5, 5.41) is 2.92. The van der Waals surface area contributed by atoms with Gasteiger partial charge in [-0.1, -0.05) is 0 Å². The smallest absolute Gasteiger partial charge is 0.231 e. The predicted molar refractivity (Wildman–Crippen MR) is 47.6 cm³/mol. The number of aromatic nitrogens is 2. The summed E-state index contributed by atoms with van der Waals surface area (Å²) in [4.78, 5) is 18.5. The average Bonchev–Trinajstić information content (AvgIpc) is 2.15. The molecule has 1 atom stereocenters. The van der Waals surface area contributed by atoms with Crippen molar-refractivity contribution in [1.29, 1.82) is 0 Å². The van der Waals surface area contributed by atoms with Gasteiger partial charge in [0, 0.05) is 24.6 Å². The van der Waals surface area contributed by atoms with E-state index in [4.69, 9.17) is 5.73 Å². The van der Waals surface area contributed by atoms with E-state index in [1.54, 1.807) is 18.6 Å². The number of rotatable bonds is 4. The summed E-state index contributed by atoms with van der Waals surface area (Å²) in [7, 11) is 0. The lowest BCUT2D eigenvalue weighted by atomic mass is 10.2. The van der Waals surface area contributed by atoms with Crippen molar-refractivity contribution in [3.63, 3.8) is 0 Å². The predicted octanol–water partition coefficient (Wildman–Crippen LogP) is -0.388. The van der Waals surface area contributed by atoms with Gasteiger partial charge in [0.15, 0.2) is 0 Å². The van der Waals surface area contributed by atoms with Crippen molar-refractivity contribution in [3.05, 3.63) is 24.3 Å². The number of amides is 1. The first kappa shape index (κ1) is 9.60. The molecule has 13 heavy (non-hydrogen) atoms. The van der Waals surface area contributed by atoms with Gasteiger partial charge in [-0.25, -0.2) is 0 Å². The second-order valence-electron chi connectivity index (χ2n) is 2.70. The van der Waals surface area contributed by atoms with E-state index in [0.29, 0.717) is 0 Å². The van der Waals surface area contributed by atoms with Crippen molar-refractivity contribution in [2.45, 2.75) is 13.0 Å². The molecular formula is C8H12N4O. The first-order valence-electron chi connectivity index (χ1n) is 3.97. The SMILES string of the molecule is CC(NCC(N)=O)c1cnccn1. The number of nitrogens with one attached hydrogen (secondary N) is 1. The first-order valence-corrected chi connectivity index (χ1v) is 3.97. The van der Waals surface area contributed by atoms with Gasteiger partial charge >= 0.3 is 0 Å². The standard InChI is InChI=1S/C8H12N4O/c1-6(12-5-8(9)13)7-4-10-2-3-11-7/h2-4,6,12H,5H2,1H3,(H2,9,13). The minimum atomic E-state index is -0.379. The molecule has 3 N–H and O–H groups in total. The minimum Gasteiger partial charge on any atom is -0.369 e. The van der Waals surface area contributed by atoms with Crippen molar-refractivity contribution >= 4 is 5.91 Å². The van der Waals surface area contributed by atoms with Crippen LogP contribution in [0.15, 0.2) is 18.6 Å². The highest BCUT2D eigenvalue weighted by Gasteiger charge is 2.06. The van der Waals surface area contributed by atoms with E-state index in [2.05, 4.69) is 15.3 Å². The van der Waals surface area contributed by atoms with Crippen LogP contribution in [0.3, 0.4) is 0 Å². The van der Waals surface area contributed by atoms with Crippen LogP contribution in [-0.2, 0) is 4.79 Å². The molecule has 0 aliphatic carbocycles. The van der Waals surface area contributed by atoms with E-state index in [1.165, 1.54) is 0 Å². The second-order valence-corrected chi connectivity index (χ2v) is 2.70. The fourth-order valence-corrected chi connectivity index (χ4v) is 0.892. The zero-order valence-corrected chi connectivity index (χ0v) is 7.40. The van der Waals surface area contributed by atoms with Crippen LogP contribution in [0.1, 0.15) is 18.7 Å². The number of hydrogen-bond acceptors (Lipinski definition) is 4. The van der Waals surface area contributed by atoms with Crippen molar-refractivity contribution < 1.29 is 4.79 Å². The highest BCUT2D eigenvalue weighted by Crippen LogP contribution is 2.04. The summed E-state index contributed by atoms with van der Waals surface area (Å²) >= 11 is 0.